The first-order valence-corrected chi connectivity index (χ1v) is 11.3. The smallest absolute Gasteiger partial charge is 0.331 e. The van der Waals surface area contributed by atoms with Gasteiger partial charge in [-0.3, -0.25) is 18.7 Å². The standard InChI is InChI=1S/C24H19N5O4S/c1-28-23(31)22-19(11-13-34-22)29-20(26-27-24(28)29)15-33-21(30)10-7-16-5-8-18(9-6-16)32-14-17-4-2-3-12-25-17/h2-13H,14-15H2,1H3. The van der Waals surface area contributed by atoms with E-state index in [1.807, 2.05) is 53.9 Å². The highest BCUT2D eigenvalue weighted by Crippen LogP contribution is 2.19. The van der Waals surface area contributed by atoms with Crippen molar-refractivity contribution in [2.24, 2.45) is 7.05 Å². The third-order valence-corrected chi connectivity index (χ3v) is 6.04. The van der Waals surface area contributed by atoms with Crippen molar-refractivity contribution in [2.45, 2.75) is 13.2 Å². The Morgan fingerprint density at radius 3 is 2.74 bits per heavy atom. The summed E-state index contributed by atoms with van der Waals surface area (Å²) >= 11 is 1.35. The van der Waals surface area contributed by atoms with E-state index in [4.69, 9.17) is 9.47 Å². The van der Waals surface area contributed by atoms with Gasteiger partial charge >= 0.3 is 5.97 Å². The maximum Gasteiger partial charge on any atom is 0.331 e. The lowest BCUT2D eigenvalue weighted by atomic mass is 10.2. The molecule has 0 bridgehead atoms. The molecule has 5 rings (SSSR count). The van der Waals surface area contributed by atoms with E-state index in [9.17, 15) is 9.59 Å². The molecule has 0 atom stereocenters. The van der Waals surface area contributed by atoms with Crippen LogP contribution in [-0.4, -0.2) is 30.1 Å². The Hall–Kier alpha value is -4.31. The molecule has 5 aromatic rings. The second-order valence-electron chi connectivity index (χ2n) is 7.37. The molecule has 0 amide bonds. The molecule has 0 saturated carbocycles. The van der Waals surface area contributed by atoms with Gasteiger partial charge in [0.2, 0.25) is 5.78 Å². The molecular weight excluding hydrogens is 454 g/mol. The van der Waals surface area contributed by atoms with Crippen LogP contribution in [0.15, 0.2) is 71.0 Å². The maximum atomic E-state index is 12.4. The van der Waals surface area contributed by atoms with E-state index in [1.165, 1.54) is 22.0 Å². The van der Waals surface area contributed by atoms with Crippen molar-refractivity contribution in [3.8, 4) is 5.75 Å². The molecule has 1 aromatic carbocycles. The average molecular weight is 474 g/mol. The number of aryl methyl sites for hydroxylation is 1. The van der Waals surface area contributed by atoms with E-state index >= 15 is 0 Å². The largest absolute Gasteiger partial charge is 0.487 e. The summed E-state index contributed by atoms with van der Waals surface area (Å²) in [6.07, 6.45) is 4.73. The van der Waals surface area contributed by atoms with Crippen molar-refractivity contribution in [3.05, 3.63) is 93.6 Å². The van der Waals surface area contributed by atoms with Crippen molar-refractivity contribution in [2.75, 3.05) is 0 Å². The number of rotatable bonds is 7. The summed E-state index contributed by atoms with van der Waals surface area (Å²) in [6.45, 7) is 0.305. The zero-order valence-electron chi connectivity index (χ0n) is 18.1. The number of thiophene rings is 1. The summed E-state index contributed by atoms with van der Waals surface area (Å²) in [6, 6.07) is 14.8. The van der Waals surface area contributed by atoms with Crippen LogP contribution in [0.2, 0.25) is 0 Å². The molecular formula is C24H19N5O4S. The first-order valence-electron chi connectivity index (χ1n) is 10.4. The van der Waals surface area contributed by atoms with Crippen molar-refractivity contribution in [3.63, 3.8) is 0 Å². The molecule has 0 N–H and O–H groups in total. The van der Waals surface area contributed by atoms with Gasteiger partial charge < -0.3 is 9.47 Å². The molecule has 9 nitrogen and oxygen atoms in total. The van der Waals surface area contributed by atoms with Crippen LogP contribution >= 0.6 is 11.3 Å². The zero-order valence-corrected chi connectivity index (χ0v) is 18.9. The highest BCUT2D eigenvalue weighted by atomic mass is 32.1. The normalized spacial score (nSPS) is 11.4. The molecule has 0 unspecified atom stereocenters. The third-order valence-electron chi connectivity index (χ3n) is 5.15. The Labute approximate surface area is 197 Å². The van der Waals surface area contributed by atoms with Gasteiger partial charge in [0.1, 0.15) is 17.1 Å². The Kier molecular flexibility index (Phi) is 5.88. The quantitative estimate of drug-likeness (QED) is 0.264. The number of hydrogen-bond acceptors (Lipinski definition) is 8. The van der Waals surface area contributed by atoms with Crippen molar-refractivity contribution in [1.29, 1.82) is 0 Å². The molecule has 170 valence electrons. The van der Waals surface area contributed by atoms with Crippen LogP contribution < -0.4 is 10.3 Å². The molecule has 0 spiro atoms. The van der Waals surface area contributed by atoms with Crippen LogP contribution in [0.25, 0.3) is 22.1 Å². The van der Waals surface area contributed by atoms with Crippen LogP contribution in [0.3, 0.4) is 0 Å². The number of pyridine rings is 1. The predicted molar refractivity (Wildman–Crippen MR) is 127 cm³/mol. The minimum absolute atomic E-state index is 0.0756. The molecule has 4 heterocycles. The maximum absolute atomic E-state index is 12.4. The van der Waals surface area contributed by atoms with Gasteiger partial charge in [0, 0.05) is 19.3 Å². The number of ether oxygens (including phenoxy) is 2. The van der Waals surface area contributed by atoms with Gasteiger partial charge in [0.05, 0.1) is 11.2 Å². The molecule has 4 aromatic heterocycles. The van der Waals surface area contributed by atoms with E-state index < -0.39 is 5.97 Å². The van der Waals surface area contributed by atoms with Gasteiger partial charge in [0.15, 0.2) is 12.4 Å². The fourth-order valence-corrected chi connectivity index (χ4v) is 4.26. The predicted octanol–water partition coefficient (Wildman–Crippen LogP) is 3.37. The molecule has 0 fully saturated rings. The zero-order chi connectivity index (χ0) is 23.5. The molecule has 0 aliphatic heterocycles. The number of hydrogen-bond donors (Lipinski definition) is 0. The second kappa shape index (κ2) is 9.28. The molecule has 34 heavy (non-hydrogen) atoms. The van der Waals surface area contributed by atoms with Gasteiger partial charge in [-0.2, -0.15) is 0 Å². The Balaban J connectivity index is 1.22. The van der Waals surface area contributed by atoms with E-state index in [-0.39, 0.29) is 12.2 Å². The fraction of sp³-hybridized carbons (Fsp3) is 0.125. The van der Waals surface area contributed by atoms with Crippen LogP contribution in [0.4, 0.5) is 0 Å². The molecule has 0 radical (unpaired) electrons. The first-order chi connectivity index (χ1) is 16.6. The highest BCUT2D eigenvalue weighted by molar-refractivity contribution is 7.17. The van der Waals surface area contributed by atoms with Crippen molar-refractivity contribution in [1.82, 2.24) is 24.1 Å². The number of esters is 1. The Morgan fingerprint density at radius 2 is 1.94 bits per heavy atom. The minimum Gasteiger partial charge on any atom is -0.487 e. The topological polar surface area (TPSA) is 101 Å². The number of carbonyl (C=O) groups excluding carboxylic acids is 1. The minimum atomic E-state index is -0.515. The summed E-state index contributed by atoms with van der Waals surface area (Å²) in [5.41, 5.74) is 2.23. The van der Waals surface area contributed by atoms with Crippen LogP contribution in [0.1, 0.15) is 17.1 Å². The molecule has 0 aliphatic rings. The monoisotopic (exact) mass is 473 g/mol. The summed E-state index contributed by atoms with van der Waals surface area (Å²) in [5, 5.41) is 10.0. The molecule has 0 aliphatic carbocycles. The molecule has 0 saturated heterocycles. The van der Waals surface area contributed by atoms with Gasteiger partial charge in [0.25, 0.3) is 5.56 Å². The average Bonchev–Trinajstić information content (AvgIpc) is 3.52. The summed E-state index contributed by atoms with van der Waals surface area (Å²) in [7, 11) is 1.64. The van der Waals surface area contributed by atoms with E-state index in [0.717, 1.165) is 11.3 Å². The number of nitrogens with zero attached hydrogens (tertiary/aromatic N) is 5. The number of carbonyl (C=O) groups is 1. The molecule has 10 heteroatoms. The summed E-state index contributed by atoms with van der Waals surface area (Å²) in [5.74, 6) is 1.02. The van der Waals surface area contributed by atoms with Crippen LogP contribution in [0.5, 0.6) is 5.75 Å². The van der Waals surface area contributed by atoms with Gasteiger partial charge in [-0.15, -0.1) is 21.5 Å². The number of fused-ring (bicyclic) bond motifs is 3. The van der Waals surface area contributed by atoms with E-state index in [2.05, 4.69) is 15.2 Å². The number of benzene rings is 1. The first kappa shape index (κ1) is 21.5. The lowest BCUT2D eigenvalue weighted by Gasteiger charge is -2.06. The van der Waals surface area contributed by atoms with Crippen molar-refractivity contribution < 1.29 is 14.3 Å². The SMILES string of the molecule is Cn1c(=O)c2sccc2n2c(COC(=O)C=Cc3ccc(OCc4ccccn4)cc3)nnc12. The van der Waals surface area contributed by atoms with Gasteiger partial charge in [-0.05, 0) is 47.4 Å². The number of aromatic nitrogens is 5. The Bertz CT molecular complexity index is 1550. The highest BCUT2D eigenvalue weighted by Gasteiger charge is 2.16. The van der Waals surface area contributed by atoms with E-state index in [1.54, 1.807) is 23.7 Å². The third kappa shape index (κ3) is 4.30. The van der Waals surface area contributed by atoms with Crippen LogP contribution in [-0.2, 0) is 29.8 Å². The lowest BCUT2D eigenvalue weighted by molar-refractivity contribution is -0.139. The second-order valence-corrected chi connectivity index (χ2v) is 8.29. The lowest BCUT2D eigenvalue weighted by Crippen LogP contribution is -2.19. The van der Waals surface area contributed by atoms with E-state index in [0.29, 0.717) is 34.2 Å². The van der Waals surface area contributed by atoms with Crippen molar-refractivity contribution >= 4 is 39.4 Å². The summed E-state index contributed by atoms with van der Waals surface area (Å²) < 4.78 is 14.8. The Morgan fingerprint density at radius 1 is 1.09 bits per heavy atom. The fourth-order valence-electron chi connectivity index (χ4n) is 3.41. The van der Waals surface area contributed by atoms with Crippen LogP contribution in [0, 0.1) is 0 Å². The van der Waals surface area contributed by atoms with Gasteiger partial charge in [-0.25, -0.2) is 4.79 Å². The van der Waals surface area contributed by atoms with Gasteiger partial charge in [-0.1, -0.05) is 18.2 Å². The summed E-state index contributed by atoms with van der Waals surface area (Å²) in [4.78, 5) is 28.9.